The van der Waals surface area contributed by atoms with Gasteiger partial charge in [-0.3, -0.25) is 4.79 Å². The van der Waals surface area contributed by atoms with Crippen LogP contribution in [0.4, 0.5) is 13.2 Å². The molecule has 0 bridgehead atoms. The van der Waals surface area contributed by atoms with Gasteiger partial charge in [0, 0.05) is 5.92 Å². The summed E-state index contributed by atoms with van der Waals surface area (Å²) < 4.78 is 36.0. The summed E-state index contributed by atoms with van der Waals surface area (Å²) in [5.41, 5.74) is 0. The highest BCUT2D eigenvalue weighted by Crippen LogP contribution is 2.24. The lowest BCUT2D eigenvalue weighted by Crippen LogP contribution is -2.43. The SMILES string of the molecule is C=CC[C@H](NC(=O)C(C)CC(F)(F)F)C(=O)O. The minimum Gasteiger partial charge on any atom is -0.480 e. The molecule has 4 nitrogen and oxygen atoms in total. The molecule has 2 N–H and O–H groups in total. The van der Waals surface area contributed by atoms with E-state index in [1.165, 1.54) is 6.08 Å². The summed E-state index contributed by atoms with van der Waals surface area (Å²) in [5, 5.41) is 10.7. The third-order valence-corrected chi connectivity index (χ3v) is 2.00. The van der Waals surface area contributed by atoms with Crippen molar-refractivity contribution in [2.45, 2.75) is 32.0 Å². The van der Waals surface area contributed by atoms with Crippen molar-refractivity contribution in [3.63, 3.8) is 0 Å². The quantitative estimate of drug-likeness (QED) is 0.708. The van der Waals surface area contributed by atoms with Gasteiger partial charge in [-0.25, -0.2) is 4.79 Å². The molecule has 0 saturated heterocycles. The molecule has 0 aliphatic heterocycles. The second-order valence-corrected chi connectivity index (χ2v) is 3.64. The van der Waals surface area contributed by atoms with Crippen LogP contribution in [0.25, 0.3) is 0 Å². The zero-order chi connectivity index (χ0) is 13.6. The van der Waals surface area contributed by atoms with Crippen LogP contribution >= 0.6 is 0 Å². The second kappa shape index (κ2) is 6.27. The van der Waals surface area contributed by atoms with E-state index in [1.807, 2.05) is 5.32 Å². The van der Waals surface area contributed by atoms with Crippen LogP contribution < -0.4 is 5.32 Å². The van der Waals surface area contributed by atoms with Gasteiger partial charge in [0.15, 0.2) is 0 Å². The molecule has 0 aliphatic carbocycles. The Bertz CT molecular complexity index is 302. The highest BCUT2D eigenvalue weighted by molar-refractivity contribution is 5.84. The van der Waals surface area contributed by atoms with Crippen molar-refractivity contribution in [3.8, 4) is 0 Å². The van der Waals surface area contributed by atoms with E-state index >= 15 is 0 Å². The number of hydrogen-bond donors (Lipinski definition) is 2. The molecule has 7 heteroatoms. The number of halogens is 3. The van der Waals surface area contributed by atoms with Crippen LogP contribution in [0.2, 0.25) is 0 Å². The number of rotatable bonds is 6. The normalized spacial score (nSPS) is 14.8. The Balaban J connectivity index is 4.40. The van der Waals surface area contributed by atoms with Gasteiger partial charge < -0.3 is 10.4 Å². The Kier molecular flexibility index (Phi) is 5.70. The maximum absolute atomic E-state index is 12.0. The van der Waals surface area contributed by atoms with Crippen LogP contribution in [0.3, 0.4) is 0 Å². The van der Waals surface area contributed by atoms with Crippen LogP contribution in [0.15, 0.2) is 12.7 Å². The molecule has 0 aromatic carbocycles. The second-order valence-electron chi connectivity index (χ2n) is 3.64. The van der Waals surface area contributed by atoms with Crippen LogP contribution in [-0.2, 0) is 9.59 Å². The molecule has 0 radical (unpaired) electrons. The molecule has 1 amide bonds. The number of amides is 1. The van der Waals surface area contributed by atoms with E-state index < -0.39 is 36.4 Å². The molecule has 0 saturated carbocycles. The molecule has 17 heavy (non-hydrogen) atoms. The average molecular weight is 253 g/mol. The minimum atomic E-state index is -4.45. The van der Waals surface area contributed by atoms with Crippen LogP contribution in [0, 0.1) is 5.92 Å². The molecule has 0 rings (SSSR count). The Labute approximate surface area is 96.5 Å². The zero-order valence-corrected chi connectivity index (χ0v) is 9.25. The van der Waals surface area contributed by atoms with Gasteiger partial charge in [-0.2, -0.15) is 13.2 Å². The summed E-state index contributed by atoms with van der Waals surface area (Å²) in [6.45, 7) is 4.39. The first-order chi connectivity index (χ1) is 7.67. The fourth-order valence-corrected chi connectivity index (χ4v) is 1.14. The van der Waals surface area contributed by atoms with Gasteiger partial charge in [0.05, 0.1) is 6.42 Å². The highest BCUT2D eigenvalue weighted by Gasteiger charge is 2.33. The van der Waals surface area contributed by atoms with Crippen LogP contribution in [-0.4, -0.2) is 29.2 Å². The monoisotopic (exact) mass is 253 g/mol. The first kappa shape index (κ1) is 15.5. The fourth-order valence-electron chi connectivity index (χ4n) is 1.14. The van der Waals surface area contributed by atoms with Crippen molar-refractivity contribution in [2.24, 2.45) is 5.92 Å². The lowest BCUT2D eigenvalue weighted by molar-refractivity contribution is -0.154. The largest absolute Gasteiger partial charge is 0.480 e. The smallest absolute Gasteiger partial charge is 0.389 e. The number of carbonyl (C=O) groups excluding carboxylic acids is 1. The lowest BCUT2D eigenvalue weighted by Gasteiger charge is -2.17. The van der Waals surface area contributed by atoms with Crippen LogP contribution in [0.1, 0.15) is 19.8 Å². The van der Waals surface area contributed by atoms with Gasteiger partial charge in [-0.15, -0.1) is 6.58 Å². The van der Waals surface area contributed by atoms with Crippen molar-refractivity contribution < 1.29 is 27.9 Å². The summed E-state index contributed by atoms with van der Waals surface area (Å²) in [6, 6.07) is -1.24. The van der Waals surface area contributed by atoms with E-state index in [-0.39, 0.29) is 6.42 Å². The average Bonchev–Trinajstić information content (AvgIpc) is 2.13. The van der Waals surface area contributed by atoms with Crippen molar-refractivity contribution in [3.05, 3.63) is 12.7 Å². The summed E-state index contributed by atoms with van der Waals surface area (Å²) in [6.07, 6.45) is -4.50. The van der Waals surface area contributed by atoms with Crippen molar-refractivity contribution in [1.29, 1.82) is 0 Å². The molecule has 0 heterocycles. The van der Waals surface area contributed by atoms with Gasteiger partial charge in [0.1, 0.15) is 6.04 Å². The Morgan fingerprint density at radius 3 is 2.35 bits per heavy atom. The van der Waals surface area contributed by atoms with Crippen LogP contribution in [0.5, 0.6) is 0 Å². The zero-order valence-electron chi connectivity index (χ0n) is 9.25. The van der Waals surface area contributed by atoms with E-state index in [0.29, 0.717) is 0 Å². The van der Waals surface area contributed by atoms with E-state index in [1.54, 1.807) is 0 Å². The fraction of sp³-hybridized carbons (Fsp3) is 0.600. The molecule has 0 aromatic heterocycles. The molecule has 1 unspecified atom stereocenters. The topological polar surface area (TPSA) is 66.4 Å². The predicted molar refractivity (Wildman–Crippen MR) is 54.2 cm³/mol. The summed E-state index contributed by atoms with van der Waals surface area (Å²) >= 11 is 0. The van der Waals surface area contributed by atoms with Crippen molar-refractivity contribution in [2.75, 3.05) is 0 Å². The predicted octanol–water partition coefficient (Wildman–Crippen LogP) is 1.72. The number of carboxylic acid groups (broad SMARTS) is 1. The molecular weight excluding hydrogens is 239 g/mol. The number of aliphatic carboxylic acids is 1. The summed E-state index contributed by atoms with van der Waals surface area (Å²) in [7, 11) is 0. The van der Waals surface area contributed by atoms with Gasteiger partial charge in [0.25, 0.3) is 0 Å². The van der Waals surface area contributed by atoms with Gasteiger partial charge in [-0.1, -0.05) is 13.0 Å². The number of nitrogens with one attached hydrogen (secondary N) is 1. The van der Waals surface area contributed by atoms with E-state index in [9.17, 15) is 22.8 Å². The Hall–Kier alpha value is -1.53. The maximum atomic E-state index is 12.0. The Morgan fingerprint density at radius 1 is 1.47 bits per heavy atom. The Morgan fingerprint density at radius 2 is 2.00 bits per heavy atom. The number of carbonyl (C=O) groups is 2. The van der Waals surface area contributed by atoms with Crippen molar-refractivity contribution >= 4 is 11.9 Å². The lowest BCUT2D eigenvalue weighted by atomic mass is 10.1. The first-order valence-corrected chi connectivity index (χ1v) is 4.88. The summed E-state index contributed by atoms with van der Waals surface area (Å²) in [4.78, 5) is 21.9. The molecule has 0 spiro atoms. The van der Waals surface area contributed by atoms with E-state index in [2.05, 4.69) is 6.58 Å². The van der Waals surface area contributed by atoms with Gasteiger partial charge in [-0.05, 0) is 6.42 Å². The van der Waals surface area contributed by atoms with Crippen molar-refractivity contribution in [1.82, 2.24) is 5.32 Å². The summed E-state index contributed by atoms with van der Waals surface area (Å²) in [5.74, 6) is -3.56. The molecule has 0 fully saturated rings. The molecule has 0 aromatic rings. The van der Waals surface area contributed by atoms with E-state index in [0.717, 1.165) is 6.92 Å². The number of carboxylic acids is 1. The van der Waals surface area contributed by atoms with Gasteiger partial charge >= 0.3 is 12.1 Å². The highest BCUT2D eigenvalue weighted by atomic mass is 19.4. The minimum absolute atomic E-state index is 0.0419. The van der Waals surface area contributed by atoms with Gasteiger partial charge in [0.2, 0.25) is 5.91 Å². The standard InChI is InChI=1S/C10H14F3NO3/c1-3-4-7(9(16)17)14-8(15)6(2)5-10(11,12)13/h3,6-7H,1,4-5H2,2H3,(H,14,15)(H,16,17)/t6?,7-/m0/s1. The third kappa shape index (κ3) is 6.60. The molecule has 2 atom stereocenters. The maximum Gasteiger partial charge on any atom is 0.389 e. The third-order valence-electron chi connectivity index (χ3n) is 2.00. The molecule has 98 valence electrons. The number of alkyl halides is 3. The number of hydrogen-bond acceptors (Lipinski definition) is 2. The molecule has 0 aliphatic rings. The van der Waals surface area contributed by atoms with E-state index in [4.69, 9.17) is 5.11 Å². The molecular formula is C10H14F3NO3. The first-order valence-electron chi connectivity index (χ1n) is 4.88.